The fraction of sp³-hybridized carbons (Fsp3) is 0.750. The fourth-order valence-electron chi connectivity index (χ4n) is 3.48. The van der Waals surface area contributed by atoms with Crippen LogP contribution in [0.3, 0.4) is 0 Å². The summed E-state index contributed by atoms with van der Waals surface area (Å²) in [6.45, 7) is 4.64. The SMILES string of the molecule is Cc1ccn(CCC(=O)N2CCC3(CC2)OCCC[C@H]3O)n1. The topological polar surface area (TPSA) is 67.6 Å². The highest BCUT2D eigenvalue weighted by atomic mass is 16.5. The van der Waals surface area contributed by atoms with E-state index in [0.29, 0.717) is 26.1 Å². The summed E-state index contributed by atoms with van der Waals surface area (Å²) in [5, 5.41) is 14.5. The maximum Gasteiger partial charge on any atom is 0.224 e. The molecule has 0 aromatic carbocycles. The van der Waals surface area contributed by atoms with Gasteiger partial charge in [0.25, 0.3) is 0 Å². The Morgan fingerprint density at radius 2 is 2.27 bits per heavy atom. The van der Waals surface area contributed by atoms with Gasteiger partial charge in [0.15, 0.2) is 0 Å². The molecule has 122 valence electrons. The Morgan fingerprint density at radius 1 is 1.50 bits per heavy atom. The highest BCUT2D eigenvalue weighted by Gasteiger charge is 2.44. The van der Waals surface area contributed by atoms with E-state index in [-0.39, 0.29) is 12.0 Å². The first kappa shape index (κ1) is 15.5. The second kappa shape index (κ2) is 6.38. The van der Waals surface area contributed by atoms with E-state index in [1.54, 1.807) is 0 Å². The van der Waals surface area contributed by atoms with Crippen LogP contribution in [-0.2, 0) is 16.1 Å². The third kappa shape index (κ3) is 3.17. The lowest BCUT2D eigenvalue weighted by Crippen LogP contribution is -2.56. The number of amides is 1. The number of hydrogen-bond donors (Lipinski definition) is 1. The van der Waals surface area contributed by atoms with Crippen molar-refractivity contribution >= 4 is 5.91 Å². The molecule has 1 aromatic heterocycles. The van der Waals surface area contributed by atoms with Crippen molar-refractivity contribution < 1.29 is 14.6 Å². The Hall–Kier alpha value is -1.40. The van der Waals surface area contributed by atoms with Crippen molar-refractivity contribution in [3.63, 3.8) is 0 Å². The van der Waals surface area contributed by atoms with Gasteiger partial charge in [0.2, 0.25) is 5.91 Å². The zero-order chi connectivity index (χ0) is 15.6. The monoisotopic (exact) mass is 307 g/mol. The minimum atomic E-state index is -0.409. The van der Waals surface area contributed by atoms with Crippen LogP contribution in [-0.4, -0.2) is 57.1 Å². The Morgan fingerprint density at radius 3 is 2.91 bits per heavy atom. The van der Waals surface area contributed by atoms with Crippen LogP contribution in [0.15, 0.2) is 12.3 Å². The third-order valence-electron chi connectivity index (χ3n) is 4.91. The van der Waals surface area contributed by atoms with E-state index >= 15 is 0 Å². The molecule has 22 heavy (non-hydrogen) atoms. The van der Waals surface area contributed by atoms with Crippen LogP contribution < -0.4 is 0 Å². The number of carbonyl (C=O) groups excluding carboxylic acids is 1. The van der Waals surface area contributed by atoms with Crippen molar-refractivity contribution in [3.8, 4) is 0 Å². The molecule has 1 atom stereocenters. The normalized spacial score (nSPS) is 24.6. The van der Waals surface area contributed by atoms with Gasteiger partial charge in [0.05, 0.1) is 17.4 Å². The Labute approximate surface area is 131 Å². The van der Waals surface area contributed by atoms with Crippen molar-refractivity contribution in [3.05, 3.63) is 18.0 Å². The van der Waals surface area contributed by atoms with Gasteiger partial charge in [-0.15, -0.1) is 0 Å². The highest BCUT2D eigenvalue weighted by Crippen LogP contribution is 2.35. The van der Waals surface area contributed by atoms with Crippen molar-refractivity contribution in [2.24, 2.45) is 0 Å². The molecule has 2 fully saturated rings. The molecule has 0 unspecified atom stereocenters. The number of rotatable bonds is 3. The molecule has 0 saturated carbocycles. The molecular weight excluding hydrogens is 282 g/mol. The van der Waals surface area contributed by atoms with Gasteiger partial charge in [-0.2, -0.15) is 5.10 Å². The molecule has 1 spiro atoms. The van der Waals surface area contributed by atoms with Gasteiger partial charge >= 0.3 is 0 Å². The zero-order valence-electron chi connectivity index (χ0n) is 13.2. The molecule has 1 aromatic rings. The smallest absolute Gasteiger partial charge is 0.224 e. The second-order valence-corrected chi connectivity index (χ2v) is 6.42. The molecular formula is C16H25N3O3. The fourth-order valence-corrected chi connectivity index (χ4v) is 3.48. The van der Waals surface area contributed by atoms with Crippen LogP contribution in [0.1, 0.15) is 37.8 Å². The molecule has 6 nitrogen and oxygen atoms in total. The number of likely N-dealkylation sites (tertiary alicyclic amines) is 1. The maximum atomic E-state index is 12.3. The molecule has 1 N–H and O–H groups in total. The van der Waals surface area contributed by atoms with E-state index in [1.165, 1.54) is 0 Å². The summed E-state index contributed by atoms with van der Waals surface area (Å²) in [6.07, 6.45) is 5.20. The zero-order valence-corrected chi connectivity index (χ0v) is 13.2. The van der Waals surface area contributed by atoms with Gasteiger partial charge in [-0.1, -0.05) is 0 Å². The summed E-state index contributed by atoms with van der Waals surface area (Å²) in [4.78, 5) is 14.2. The summed E-state index contributed by atoms with van der Waals surface area (Å²) in [5.41, 5.74) is 0.560. The van der Waals surface area contributed by atoms with Crippen LogP contribution in [0.4, 0.5) is 0 Å². The molecule has 2 aliphatic heterocycles. The average Bonchev–Trinajstić information content (AvgIpc) is 2.94. The number of carbonyl (C=O) groups is 1. The van der Waals surface area contributed by atoms with Gasteiger partial charge in [0.1, 0.15) is 0 Å². The Bertz CT molecular complexity index is 520. The molecule has 0 aliphatic carbocycles. The van der Waals surface area contributed by atoms with E-state index in [1.807, 2.05) is 28.8 Å². The van der Waals surface area contributed by atoms with Gasteiger partial charge in [-0.05, 0) is 38.7 Å². The molecule has 2 saturated heterocycles. The molecule has 0 bridgehead atoms. The number of aliphatic hydroxyl groups is 1. The van der Waals surface area contributed by atoms with E-state index in [0.717, 1.165) is 38.0 Å². The predicted molar refractivity (Wildman–Crippen MR) is 81.3 cm³/mol. The second-order valence-electron chi connectivity index (χ2n) is 6.42. The van der Waals surface area contributed by atoms with Crippen LogP contribution in [0.5, 0.6) is 0 Å². The standard InChI is InChI=1S/C16H25N3O3/c1-13-4-8-19(17-13)9-5-15(21)18-10-6-16(7-11-18)14(20)3-2-12-22-16/h4,8,14,20H,2-3,5-7,9-12H2,1H3/t14-/m1/s1. The molecule has 3 rings (SSSR count). The number of aromatic nitrogens is 2. The van der Waals surface area contributed by atoms with E-state index in [2.05, 4.69) is 5.10 Å². The number of hydrogen-bond acceptors (Lipinski definition) is 4. The van der Waals surface area contributed by atoms with E-state index in [9.17, 15) is 9.90 Å². The van der Waals surface area contributed by atoms with Gasteiger partial charge in [0, 0.05) is 38.9 Å². The van der Waals surface area contributed by atoms with E-state index in [4.69, 9.17) is 4.74 Å². The lowest BCUT2D eigenvalue weighted by molar-refractivity contribution is -0.179. The molecule has 6 heteroatoms. The van der Waals surface area contributed by atoms with Crippen LogP contribution >= 0.6 is 0 Å². The predicted octanol–water partition coefficient (Wildman–Crippen LogP) is 1.11. The highest BCUT2D eigenvalue weighted by molar-refractivity contribution is 5.76. The third-order valence-corrected chi connectivity index (χ3v) is 4.91. The first-order valence-corrected chi connectivity index (χ1v) is 8.19. The summed E-state index contributed by atoms with van der Waals surface area (Å²) in [6, 6.07) is 1.94. The van der Waals surface area contributed by atoms with Gasteiger partial charge in [-0.25, -0.2) is 0 Å². The van der Waals surface area contributed by atoms with Crippen molar-refractivity contribution in [2.75, 3.05) is 19.7 Å². The van der Waals surface area contributed by atoms with Crippen LogP contribution in [0, 0.1) is 6.92 Å². The average molecular weight is 307 g/mol. The largest absolute Gasteiger partial charge is 0.390 e. The van der Waals surface area contributed by atoms with Crippen molar-refractivity contribution in [1.29, 1.82) is 0 Å². The van der Waals surface area contributed by atoms with Gasteiger partial charge in [-0.3, -0.25) is 9.48 Å². The summed E-state index contributed by atoms with van der Waals surface area (Å²) in [7, 11) is 0. The summed E-state index contributed by atoms with van der Waals surface area (Å²) < 4.78 is 7.69. The lowest BCUT2D eigenvalue weighted by atomic mass is 9.82. The lowest BCUT2D eigenvalue weighted by Gasteiger charge is -2.46. The van der Waals surface area contributed by atoms with E-state index < -0.39 is 5.60 Å². The molecule has 3 heterocycles. The Kier molecular flexibility index (Phi) is 4.49. The number of ether oxygens (including phenoxy) is 1. The molecule has 1 amide bonds. The van der Waals surface area contributed by atoms with Crippen LogP contribution in [0.25, 0.3) is 0 Å². The molecule has 0 radical (unpaired) electrons. The molecule has 2 aliphatic rings. The number of aliphatic hydroxyl groups excluding tert-OH is 1. The van der Waals surface area contributed by atoms with Gasteiger partial charge < -0.3 is 14.7 Å². The number of aryl methyl sites for hydroxylation is 2. The van der Waals surface area contributed by atoms with Crippen molar-refractivity contribution in [2.45, 2.75) is 57.3 Å². The maximum absolute atomic E-state index is 12.3. The summed E-state index contributed by atoms with van der Waals surface area (Å²) in [5.74, 6) is 0.160. The minimum absolute atomic E-state index is 0.160. The minimum Gasteiger partial charge on any atom is -0.390 e. The number of nitrogens with zero attached hydrogens (tertiary/aromatic N) is 3. The first-order chi connectivity index (χ1) is 10.6. The quantitative estimate of drug-likeness (QED) is 0.908. The Balaban J connectivity index is 1.49. The van der Waals surface area contributed by atoms with Crippen molar-refractivity contribution in [1.82, 2.24) is 14.7 Å². The first-order valence-electron chi connectivity index (χ1n) is 8.19. The summed E-state index contributed by atoms with van der Waals surface area (Å²) >= 11 is 0. The van der Waals surface area contributed by atoms with Crippen LogP contribution in [0.2, 0.25) is 0 Å². The number of piperidine rings is 1.